The van der Waals surface area contributed by atoms with E-state index in [9.17, 15) is 9.90 Å². The van der Waals surface area contributed by atoms with E-state index in [0.717, 1.165) is 50.5 Å². The van der Waals surface area contributed by atoms with E-state index < -0.39 is 12.1 Å². The molecule has 3 aromatic carbocycles. The highest BCUT2D eigenvalue weighted by Gasteiger charge is 2.30. The van der Waals surface area contributed by atoms with Crippen molar-refractivity contribution in [3.63, 3.8) is 0 Å². The Morgan fingerprint density at radius 3 is 2.81 bits per heavy atom. The Labute approximate surface area is 185 Å². The van der Waals surface area contributed by atoms with Crippen molar-refractivity contribution in [3.8, 4) is 16.9 Å². The molecule has 1 aliphatic heterocycles. The fraction of sp³-hybridized carbons (Fsp3) is 0.185. The predicted octanol–water partition coefficient (Wildman–Crippen LogP) is 5.97. The van der Waals surface area contributed by atoms with Crippen molar-refractivity contribution in [2.75, 3.05) is 6.61 Å². The Balaban J connectivity index is 1.92. The van der Waals surface area contributed by atoms with Crippen molar-refractivity contribution >= 4 is 27.6 Å². The van der Waals surface area contributed by atoms with E-state index in [1.807, 2.05) is 61.7 Å². The highest BCUT2D eigenvalue weighted by atomic mass is 16.5. The largest absolute Gasteiger partial charge is 0.493 e. The van der Waals surface area contributed by atoms with Gasteiger partial charge in [0.15, 0.2) is 0 Å². The number of aryl methyl sites for hydroxylation is 1. The van der Waals surface area contributed by atoms with E-state index in [-0.39, 0.29) is 0 Å². The molecule has 0 saturated carbocycles. The van der Waals surface area contributed by atoms with Crippen molar-refractivity contribution in [3.05, 3.63) is 83.8 Å². The number of hydrogen-bond donors (Lipinski definition) is 1. The second-order valence-electron chi connectivity index (χ2n) is 8.14. The minimum absolute atomic E-state index is 0.347. The molecule has 5 heteroatoms. The Morgan fingerprint density at radius 2 is 2.03 bits per heavy atom. The highest BCUT2D eigenvalue weighted by Crippen LogP contribution is 2.44. The Hall–Kier alpha value is -3.86. The number of hydrogen-bond acceptors (Lipinski definition) is 4. The number of carboxylic acids is 1. The first-order chi connectivity index (χ1) is 15.5. The van der Waals surface area contributed by atoms with E-state index in [2.05, 4.69) is 6.58 Å². The third-order valence-corrected chi connectivity index (χ3v) is 5.94. The molecule has 1 atom stereocenters. The molecule has 0 bridgehead atoms. The van der Waals surface area contributed by atoms with Crippen LogP contribution in [-0.4, -0.2) is 22.7 Å². The summed E-state index contributed by atoms with van der Waals surface area (Å²) in [5.41, 5.74) is 5.11. The topological polar surface area (TPSA) is 68.7 Å². The maximum Gasteiger partial charge on any atom is 0.349 e. The van der Waals surface area contributed by atoms with Crippen LogP contribution in [0.5, 0.6) is 5.75 Å². The molecule has 0 spiro atoms. The second-order valence-corrected chi connectivity index (χ2v) is 8.14. The van der Waals surface area contributed by atoms with Crippen molar-refractivity contribution in [1.29, 1.82) is 0 Å². The fourth-order valence-corrected chi connectivity index (χ4v) is 4.67. The van der Waals surface area contributed by atoms with E-state index >= 15 is 0 Å². The first-order valence-corrected chi connectivity index (χ1v) is 10.6. The summed E-state index contributed by atoms with van der Waals surface area (Å²) >= 11 is 0. The van der Waals surface area contributed by atoms with Crippen LogP contribution in [0.1, 0.15) is 29.7 Å². The van der Waals surface area contributed by atoms with Crippen LogP contribution < -0.4 is 4.74 Å². The number of fused-ring (bicyclic) bond motifs is 1. The normalized spacial score (nSPS) is 13.6. The summed E-state index contributed by atoms with van der Waals surface area (Å²) in [6.07, 6.45) is 1.44. The lowest BCUT2D eigenvalue weighted by atomic mass is 9.85. The SMILES string of the molecule is C=C(C)O[C@H](C(=O)O)c1c(C)cc2ccccc2c1-c1ccc2c3c(ccnc13)CCO2. The summed E-state index contributed by atoms with van der Waals surface area (Å²) < 4.78 is 11.6. The summed E-state index contributed by atoms with van der Waals surface area (Å²) in [5.74, 6) is 0.0931. The van der Waals surface area contributed by atoms with E-state index in [1.54, 1.807) is 6.92 Å². The second kappa shape index (κ2) is 7.68. The number of rotatable bonds is 5. The Morgan fingerprint density at radius 1 is 1.22 bits per heavy atom. The monoisotopic (exact) mass is 425 g/mol. The van der Waals surface area contributed by atoms with Crippen molar-refractivity contribution < 1.29 is 19.4 Å². The molecule has 0 amide bonds. The van der Waals surface area contributed by atoms with E-state index in [1.165, 1.54) is 5.56 Å². The van der Waals surface area contributed by atoms with Gasteiger partial charge in [-0.2, -0.15) is 0 Å². The number of carboxylic acid groups (broad SMARTS) is 1. The number of ether oxygens (including phenoxy) is 2. The number of pyridine rings is 1. The molecule has 5 rings (SSSR count). The van der Waals surface area contributed by atoms with Crippen LogP contribution in [0.25, 0.3) is 32.8 Å². The Kier molecular flexibility index (Phi) is 4.82. The molecule has 0 radical (unpaired) electrons. The quantitative estimate of drug-likeness (QED) is 0.399. The third-order valence-electron chi connectivity index (χ3n) is 5.94. The van der Waals surface area contributed by atoms with Gasteiger partial charge < -0.3 is 14.6 Å². The van der Waals surface area contributed by atoms with Crippen molar-refractivity contribution in [2.24, 2.45) is 0 Å². The van der Waals surface area contributed by atoms with Crippen LogP contribution in [0, 0.1) is 6.92 Å². The Bertz CT molecular complexity index is 1400. The number of aliphatic carboxylic acids is 1. The van der Waals surface area contributed by atoms with Gasteiger partial charge in [0.05, 0.1) is 17.9 Å². The lowest BCUT2D eigenvalue weighted by Crippen LogP contribution is -2.17. The zero-order valence-corrected chi connectivity index (χ0v) is 18.0. The zero-order valence-electron chi connectivity index (χ0n) is 18.0. The number of benzene rings is 3. The van der Waals surface area contributed by atoms with Crippen molar-refractivity contribution in [2.45, 2.75) is 26.4 Å². The highest BCUT2D eigenvalue weighted by molar-refractivity contribution is 6.08. The maximum atomic E-state index is 12.3. The van der Waals surface area contributed by atoms with Gasteiger partial charge in [0, 0.05) is 29.1 Å². The smallest absolute Gasteiger partial charge is 0.349 e. The first-order valence-electron chi connectivity index (χ1n) is 10.6. The van der Waals surface area contributed by atoms with Crippen LogP contribution in [0.4, 0.5) is 0 Å². The molecule has 1 N–H and O–H groups in total. The summed E-state index contributed by atoms with van der Waals surface area (Å²) in [5, 5.41) is 13.1. The van der Waals surface area contributed by atoms with Crippen LogP contribution in [-0.2, 0) is 16.0 Å². The third kappa shape index (κ3) is 3.17. The van der Waals surface area contributed by atoms with E-state index in [4.69, 9.17) is 14.5 Å². The predicted molar refractivity (Wildman–Crippen MR) is 125 cm³/mol. The number of nitrogens with zero attached hydrogens (tertiary/aromatic N) is 1. The maximum absolute atomic E-state index is 12.3. The summed E-state index contributed by atoms with van der Waals surface area (Å²) in [4.78, 5) is 17.1. The van der Waals surface area contributed by atoms with Gasteiger partial charge >= 0.3 is 5.97 Å². The average Bonchev–Trinajstić information content (AvgIpc) is 2.77. The van der Waals surface area contributed by atoms with Crippen molar-refractivity contribution in [1.82, 2.24) is 4.98 Å². The minimum Gasteiger partial charge on any atom is -0.493 e. The standard InChI is InChI=1S/C27H23NO4/c1-15(2)32-26(27(29)30)22-16(3)14-18-6-4-5-7-19(18)24(22)20-8-9-21-23-17(11-13-31-21)10-12-28-25(20)23/h4-10,12,14,26H,1,11,13H2,2-3H3,(H,29,30)/t26-/m0/s1. The number of allylic oxidation sites excluding steroid dienone is 1. The van der Waals surface area contributed by atoms with Crippen LogP contribution in [0.3, 0.4) is 0 Å². The molecule has 1 aliphatic rings. The molecule has 32 heavy (non-hydrogen) atoms. The summed E-state index contributed by atoms with van der Waals surface area (Å²) in [7, 11) is 0. The van der Waals surface area contributed by atoms with Gasteiger partial charge in [-0.25, -0.2) is 4.79 Å². The lowest BCUT2D eigenvalue weighted by molar-refractivity contribution is -0.148. The van der Waals surface area contributed by atoms with Crippen LogP contribution in [0.2, 0.25) is 0 Å². The first kappa shape index (κ1) is 20.1. The van der Waals surface area contributed by atoms with Gasteiger partial charge in [-0.15, -0.1) is 0 Å². The molecule has 0 unspecified atom stereocenters. The molecule has 0 saturated heterocycles. The summed E-state index contributed by atoms with van der Waals surface area (Å²) in [6, 6.07) is 16.0. The van der Waals surface area contributed by atoms with Gasteiger partial charge in [0.25, 0.3) is 0 Å². The lowest BCUT2D eigenvalue weighted by Gasteiger charge is -2.24. The molecular formula is C27H23NO4. The molecule has 1 aromatic heterocycles. The molecule has 0 fully saturated rings. The molecule has 4 aromatic rings. The molecule has 2 heterocycles. The number of carbonyl (C=O) groups is 1. The van der Waals surface area contributed by atoms with Gasteiger partial charge in [0.1, 0.15) is 5.75 Å². The molecule has 160 valence electrons. The molecule has 0 aliphatic carbocycles. The van der Waals surface area contributed by atoms with E-state index in [0.29, 0.717) is 17.9 Å². The molecular weight excluding hydrogens is 402 g/mol. The van der Waals surface area contributed by atoms with Gasteiger partial charge in [-0.05, 0) is 59.5 Å². The van der Waals surface area contributed by atoms with Crippen LogP contribution in [0.15, 0.2) is 67.1 Å². The summed E-state index contributed by atoms with van der Waals surface area (Å²) in [6.45, 7) is 7.99. The van der Waals surface area contributed by atoms with Gasteiger partial charge in [-0.1, -0.05) is 36.9 Å². The zero-order chi connectivity index (χ0) is 22.4. The van der Waals surface area contributed by atoms with Gasteiger partial charge in [0.2, 0.25) is 6.10 Å². The minimum atomic E-state index is -1.19. The fourth-order valence-electron chi connectivity index (χ4n) is 4.67. The van der Waals surface area contributed by atoms with Crippen LogP contribution >= 0.6 is 0 Å². The van der Waals surface area contributed by atoms with Gasteiger partial charge in [-0.3, -0.25) is 4.98 Å². The average molecular weight is 425 g/mol. The molecule has 5 nitrogen and oxygen atoms in total. The number of aromatic nitrogens is 1.